The monoisotopic (exact) mass is 622 g/mol. The second-order valence-corrected chi connectivity index (χ2v) is 13.1. The fraction of sp³-hybridized carbons (Fsp3) is 0.400. The molecule has 0 aromatic heterocycles. The van der Waals surface area contributed by atoms with E-state index < -0.39 is 26.3 Å². The van der Waals surface area contributed by atoms with E-state index in [2.05, 4.69) is 5.32 Å². The Hall–Kier alpha value is -2.68. The molecule has 0 saturated carbocycles. The molecule has 6 N–H and O–H groups in total. The zero-order valence-corrected chi connectivity index (χ0v) is 25.6. The molecule has 10 nitrogen and oxygen atoms in total. The molecule has 3 aromatic rings. The minimum absolute atomic E-state index is 0.0666. The number of ether oxygens (including phenoxy) is 1. The van der Waals surface area contributed by atoms with Gasteiger partial charge in [0.2, 0.25) is 0 Å². The number of hydrogen-bond acceptors (Lipinski definition) is 8. The van der Waals surface area contributed by atoms with E-state index in [1.54, 1.807) is 24.3 Å². The van der Waals surface area contributed by atoms with Crippen molar-refractivity contribution in [3.8, 4) is 0 Å². The Labute approximate surface area is 249 Å². The van der Waals surface area contributed by atoms with Gasteiger partial charge in [0.05, 0.1) is 15.9 Å². The van der Waals surface area contributed by atoms with Gasteiger partial charge in [-0.3, -0.25) is 9.11 Å². The summed E-state index contributed by atoms with van der Waals surface area (Å²) in [5, 5.41) is 13.4. The van der Waals surface area contributed by atoms with Crippen molar-refractivity contribution in [1.82, 2.24) is 5.32 Å². The van der Waals surface area contributed by atoms with Crippen molar-refractivity contribution in [2.24, 2.45) is 11.7 Å². The molecule has 12 heteroatoms. The van der Waals surface area contributed by atoms with Crippen LogP contribution in [0.3, 0.4) is 0 Å². The summed E-state index contributed by atoms with van der Waals surface area (Å²) in [6, 6.07) is 21.8. The van der Waals surface area contributed by atoms with E-state index in [1.807, 2.05) is 44.2 Å². The van der Waals surface area contributed by atoms with E-state index in [0.29, 0.717) is 18.9 Å². The first-order valence-corrected chi connectivity index (χ1v) is 16.5. The van der Waals surface area contributed by atoms with Gasteiger partial charge in [0.25, 0.3) is 20.2 Å². The Bertz CT molecular complexity index is 1320. The molecule has 1 heterocycles. The van der Waals surface area contributed by atoms with Crippen LogP contribution >= 0.6 is 0 Å². The van der Waals surface area contributed by atoms with Gasteiger partial charge in [-0.15, -0.1) is 0 Å². The molecule has 4 rings (SSSR count). The highest BCUT2D eigenvalue weighted by atomic mass is 32.2. The van der Waals surface area contributed by atoms with Crippen LogP contribution < -0.4 is 11.1 Å². The third kappa shape index (κ3) is 14.0. The number of benzene rings is 3. The number of aliphatic hydroxyl groups excluding tert-OH is 1. The van der Waals surface area contributed by atoms with Crippen molar-refractivity contribution in [3.63, 3.8) is 0 Å². The molecule has 2 atom stereocenters. The Morgan fingerprint density at radius 3 is 1.69 bits per heavy atom. The summed E-state index contributed by atoms with van der Waals surface area (Å²) in [5.74, 6) is 0.668. The fourth-order valence-corrected chi connectivity index (χ4v) is 4.94. The highest BCUT2D eigenvalue weighted by Crippen LogP contribution is 2.13. The van der Waals surface area contributed by atoms with Crippen molar-refractivity contribution in [2.45, 2.75) is 55.0 Å². The maximum absolute atomic E-state index is 10.5. The summed E-state index contributed by atoms with van der Waals surface area (Å²) >= 11 is 0. The second-order valence-electron chi connectivity index (χ2n) is 10.2. The Kier molecular flexibility index (Phi) is 14.7. The molecule has 0 spiro atoms. The van der Waals surface area contributed by atoms with Crippen LogP contribution in [-0.4, -0.2) is 69.5 Å². The standard InChI is InChI=1S/C16H26N2O2.2C7H8O3S/c17-15(10-13-4-2-1-3-5-13)16(19)12-18-11-14-6-8-20-9-7-14;2*1-6-2-4-7(5-3-6)11(8,9)10/h1-5,14-16,18-19H,6-12,17H2;2*2-5H,1H3,(H,8,9,10)/t15-,16+;;/m0../s1. The highest BCUT2D eigenvalue weighted by Gasteiger charge is 2.17. The SMILES string of the molecule is Cc1ccc(S(=O)(=O)O)cc1.Cc1ccc(S(=O)(=O)O)cc1.N[C@@H](Cc1ccccc1)[C@H](O)CNCC1CCOCC1. The lowest BCUT2D eigenvalue weighted by molar-refractivity contribution is 0.0643. The average molecular weight is 623 g/mol. The smallest absolute Gasteiger partial charge is 0.294 e. The van der Waals surface area contributed by atoms with Crippen LogP contribution in [0, 0.1) is 19.8 Å². The number of nitrogens with two attached hydrogens (primary N) is 1. The molecular weight excluding hydrogens is 580 g/mol. The zero-order chi connectivity index (χ0) is 31.2. The van der Waals surface area contributed by atoms with Crippen LogP contribution in [0.2, 0.25) is 0 Å². The molecule has 0 bridgehead atoms. The third-order valence-electron chi connectivity index (χ3n) is 6.57. The van der Waals surface area contributed by atoms with Crippen LogP contribution in [0.5, 0.6) is 0 Å². The van der Waals surface area contributed by atoms with Gasteiger partial charge in [-0.25, -0.2) is 0 Å². The van der Waals surface area contributed by atoms with Gasteiger partial charge < -0.3 is 20.9 Å². The number of hydrogen-bond donors (Lipinski definition) is 5. The average Bonchev–Trinajstić information content (AvgIpc) is 2.94. The van der Waals surface area contributed by atoms with Gasteiger partial charge in [0.1, 0.15) is 0 Å². The molecule has 1 aliphatic heterocycles. The maximum Gasteiger partial charge on any atom is 0.294 e. The Morgan fingerprint density at radius 2 is 1.26 bits per heavy atom. The number of rotatable bonds is 9. The van der Waals surface area contributed by atoms with Crippen LogP contribution in [0.1, 0.15) is 29.5 Å². The quantitative estimate of drug-likeness (QED) is 0.222. The first kappa shape index (κ1) is 35.5. The van der Waals surface area contributed by atoms with Gasteiger partial charge in [0.15, 0.2) is 0 Å². The summed E-state index contributed by atoms with van der Waals surface area (Å²) in [6.07, 6.45) is 2.43. The molecule has 0 aliphatic carbocycles. The van der Waals surface area contributed by atoms with Gasteiger partial charge in [0, 0.05) is 25.8 Å². The predicted molar refractivity (Wildman–Crippen MR) is 163 cm³/mol. The van der Waals surface area contributed by atoms with E-state index in [9.17, 15) is 21.9 Å². The number of aliphatic hydroxyl groups is 1. The lowest BCUT2D eigenvalue weighted by atomic mass is 9.99. The molecule has 1 fully saturated rings. The molecule has 232 valence electrons. The molecular formula is C30H42N2O8S2. The van der Waals surface area contributed by atoms with Gasteiger partial charge in [-0.05, 0) is 75.4 Å². The van der Waals surface area contributed by atoms with E-state index in [4.69, 9.17) is 19.6 Å². The first-order valence-electron chi connectivity index (χ1n) is 13.6. The Morgan fingerprint density at radius 1 is 0.810 bits per heavy atom. The predicted octanol–water partition coefficient (Wildman–Crippen LogP) is 3.42. The lowest BCUT2D eigenvalue weighted by Gasteiger charge is -2.24. The summed E-state index contributed by atoms with van der Waals surface area (Å²) < 4.78 is 64.4. The zero-order valence-electron chi connectivity index (χ0n) is 24.0. The summed E-state index contributed by atoms with van der Waals surface area (Å²) in [4.78, 5) is -0.133. The summed E-state index contributed by atoms with van der Waals surface area (Å²) in [5.41, 5.74) is 9.14. The topological polar surface area (TPSA) is 176 Å². The van der Waals surface area contributed by atoms with E-state index in [-0.39, 0.29) is 15.8 Å². The number of aryl methyl sites for hydroxylation is 2. The normalized spacial score (nSPS) is 15.4. The molecule has 0 radical (unpaired) electrons. The third-order valence-corrected chi connectivity index (χ3v) is 8.31. The second kappa shape index (κ2) is 17.4. The lowest BCUT2D eigenvalue weighted by Crippen LogP contribution is -2.44. The molecule has 0 unspecified atom stereocenters. The van der Waals surface area contributed by atoms with Crippen molar-refractivity contribution < 1.29 is 35.8 Å². The van der Waals surface area contributed by atoms with Crippen LogP contribution in [0.15, 0.2) is 88.7 Å². The minimum Gasteiger partial charge on any atom is -0.390 e. The summed E-state index contributed by atoms with van der Waals surface area (Å²) in [7, 11) is -8.04. The molecule has 0 amide bonds. The molecule has 42 heavy (non-hydrogen) atoms. The van der Waals surface area contributed by atoms with Crippen molar-refractivity contribution in [3.05, 3.63) is 95.6 Å². The molecule has 1 aliphatic rings. The molecule has 3 aromatic carbocycles. The van der Waals surface area contributed by atoms with E-state index in [0.717, 1.165) is 43.7 Å². The molecule has 1 saturated heterocycles. The van der Waals surface area contributed by atoms with E-state index in [1.165, 1.54) is 29.8 Å². The van der Waals surface area contributed by atoms with Crippen molar-refractivity contribution in [2.75, 3.05) is 26.3 Å². The largest absolute Gasteiger partial charge is 0.390 e. The van der Waals surface area contributed by atoms with Crippen molar-refractivity contribution in [1.29, 1.82) is 0 Å². The minimum atomic E-state index is -4.02. The summed E-state index contributed by atoms with van der Waals surface area (Å²) in [6.45, 7) is 6.91. The van der Waals surface area contributed by atoms with Gasteiger partial charge in [-0.1, -0.05) is 65.7 Å². The van der Waals surface area contributed by atoms with Gasteiger partial charge >= 0.3 is 0 Å². The first-order chi connectivity index (χ1) is 19.8. The van der Waals surface area contributed by atoms with Crippen molar-refractivity contribution >= 4 is 20.2 Å². The van der Waals surface area contributed by atoms with Gasteiger partial charge in [-0.2, -0.15) is 16.8 Å². The van der Waals surface area contributed by atoms with Crippen LogP contribution in [0.25, 0.3) is 0 Å². The van der Waals surface area contributed by atoms with Crippen LogP contribution in [-0.2, 0) is 31.4 Å². The van der Waals surface area contributed by atoms with Crippen LogP contribution in [0.4, 0.5) is 0 Å². The fourth-order valence-electron chi connectivity index (χ4n) is 3.98. The van der Waals surface area contributed by atoms with E-state index >= 15 is 0 Å². The highest BCUT2D eigenvalue weighted by molar-refractivity contribution is 7.86. The number of nitrogens with one attached hydrogen (secondary N) is 1. The Balaban J connectivity index is 0.000000239. The maximum atomic E-state index is 10.5.